The van der Waals surface area contributed by atoms with Crippen LogP contribution in [-0.4, -0.2) is 83.1 Å². The van der Waals surface area contributed by atoms with Gasteiger partial charge in [0.15, 0.2) is 0 Å². The molecule has 188 valence electrons. The molecular weight excluding hydrogens is 460 g/mol. The second-order valence-electron chi connectivity index (χ2n) is 9.06. The highest BCUT2D eigenvalue weighted by atomic mass is 19.4. The Bertz CT molecular complexity index is 907. The molecule has 2 heterocycles. The van der Waals surface area contributed by atoms with E-state index >= 15 is 0 Å². The summed E-state index contributed by atoms with van der Waals surface area (Å²) in [6, 6.07) is 1.93. The first-order chi connectivity index (χ1) is 16.1. The zero-order valence-corrected chi connectivity index (χ0v) is 18.6. The van der Waals surface area contributed by atoms with Gasteiger partial charge in [-0.3, -0.25) is 0 Å². The van der Waals surface area contributed by atoms with Crippen molar-refractivity contribution in [2.24, 2.45) is 5.92 Å². The molecule has 0 spiro atoms. The predicted octanol–water partition coefficient (Wildman–Crippen LogP) is 2.91. The van der Waals surface area contributed by atoms with Crippen LogP contribution in [0.15, 0.2) is 18.2 Å². The van der Waals surface area contributed by atoms with Crippen LogP contribution in [0.3, 0.4) is 0 Å². The number of hydrogen-bond donors (Lipinski definition) is 2. The predicted molar refractivity (Wildman–Crippen MR) is 112 cm³/mol. The van der Waals surface area contributed by atoms with Gasteiger partial charge in [-0.25, -0.2) is 14.0 Å². The Hall–Kier alpha value is -2.76. The smallest absolute Gasteiger partial charge is 0.406 e. The lowest BCUT2D eigenvalue weighted by Gasteiger charge is -2.45. The molecule has 2 atom stereocenters. The summed E-state index contributed by atoms with van der Waals surface area (Å²) < 4.78 is 54.9. The normalized spacial score (nSPS) is 22.7. The molecule has 3 aliphatic rings. The van der Waals surface area contributed by atoms with Crippen molar-refractivity contribution < 1.29 is 37.0 Å². The Morgan fingerprint density at radius 3 is 2.44 bits per heavy atom. The van der Waals surface area contributed by atoms with Gasteiger partial charge in [0.25, 0.3) is 0 Å². The maximum atomic E-state index is 14.3. The van der Waals surface area contributed by atoms with Gasteiger partial charge in [-0.1, -0.05) is 6.07 Å². The number of rotatable bonds is 6. The van der Waals surface area contributed by atoms with Crippen LogP contribution in [0.2, 0.25) is 0 Å². The average Bonchev–Trinajstić information content (AvgIpc) is 3.55. The van der Waals surface area contributed by atoms with Gasteiger partial charge in [-0.15, -0.1) is 13.2 Å². The van der Waals surface area contributed by atoms with E-state index in [4.69, 9.17) is 0 Å². The van der Waals surface area contributed by atoms with E-state index in [1.807, 2.05) is 0 Å². The van der Waals surface area contributed by atoms with Crippen molar-refractivity contribution in [3.63, 3.8) is 0 Å². The molecule has 2 saturated heterocycles. The van der Waals surface area contributed by atoms with Gasteiger partial charge in [-0.2, -0.15) is 0 Å². The van der Waals surface area contributed by atoms with Crippen LogP contribution < -0.4 is 10.1 Å². The zero-order valence-electron chi connectivity index (χ0n) is 18.6. The Balaban J connectivity index is 1.41. The van der Waals surface area contributed by atoms with E-state index < -0.39 is 24.0 Å². The zero-order chi connectivity index (χ0) is 24.5. The number of alkyl halides is 3. The molecule has 8 nitrogen and oxygen atoms in total. The maximum Gasteiger partial charge on any atom is 0.573 e. The molecule has 1 aromatic carbocycles. The van der Waals surface area contributed by atoms with Crippen molar-refractivity contribution in [1.82, 2.24) is 20.0 Å². The van der Waals surface area contributed by atoms with Crippen LogP contribution in [-0.2, 0) is 6.54 Å². The molecule has 3 fully saturated rings. The summed E-state index contributed by atoms with van der Waals surface area (Å²) in [6.07, 6.45) is -1.80. The summed E-state index contributed by atoms with van der Waals surface area (Å²) in [5.74, 6) is -1.76. The number of likely N-dealkylation sites (tertiary alicyclic amines) is 2. The van der Waals surface area contributed by atoms with Crippen molar-refractivity contribution in [3.05, 3.63) is 29.6 Å². The van der Waals surface area contributed by atoms with Crippen LogP contribution in [0.5, 0.6) is 5.75 Å². The molecule has 1 saturated carbocycles. The Kier molecular flexibility index (Phi) is 7.06. The van der Waals surface area contributed by atoms with Crippen LogP contribution in [0.4, 0.5) is 27.2 Å². The number of halogens is 4. The fourth-order valence-electron chi connectivity index (χ4n) is 4.49. The van der Waals surface area contributed by atoms with E-state index in [2.05, 4.69) is 10.1 Å². The molecule has 2 N–H and O–H groups in total. The van der Waals surface area contributed by atoms with Crippen molar-refractivity contribution in [3.8, 4) is 5.75 Å². The molecule has 2 aliphatic heterocycles. The number of ether oxygens (including phenoxy) is 1. The number of carbonyl (C=O) groups is 2. The number of carbonyl (C=O) groups excluding carboxylic acids is 2. The number of nitrogens with one attached hydrogen (secondary N) is 1. The third kappa shape index (κ3) is 5.83. The number of urea groups is 2. The number of nitrogens with zero attached hydrogens (tertiary/aromatic N) is 3. The van der Waals surface area contributed by atoms with E-state index in [0.29, 0.717) is 38.7 Å². The number of amides is 4. The average molecular weight is 488 g/mol. The number of benzene rings is 1. The summed E-state index contributed by atoms with van der Waals surface area (Å²) in [5.41, 5.74) is 0.0186. The fraction of sp³-hybridized carbons (Fsp3) is 0.636. The van der Waals surface area contributed by atoms with E-state index in [1.165, 1.54) is 0 Å². The minimum absolute atomic E-state index is 0.00388. The van der Waals surface area contributed by atoms with Gasteiger partial charge in [0, 0.05) is 62.9 Å². The molecule has 0 unspecified atom stereocenters. The van der Waals surface area contributed by atoms with Gasteiger partial charge in [0.05, 0.1) is 6.04 Å². The Morgan fingerprint density at radius 1 is 1.15 bits per heavy atom. The van der Waals surface area contributed by atoms with Gasteiger partial charge in [0.2, 0.25) is 0 Å². The van der Waals surface area contributed by atoms with E-state index in [1.54, 1.807) is 14.7 Å². The van der Waals surface area contributed by atoms with Gasteiger partial charge in [-0.05, 0) is 31.7 Å². The van der Waals surface area contributed by atoms with Crippen molar-refractivity contribution in [1.29, 1.82) is 0 Å². The van der Waals surface area contributed by atoms with E-state index in [0.717, 1.165) is 31.4 Å². The lowest BCUT2D eigenvalue weighted by molar-refractivity contribution is -0.274. The molecule has 34 heavy (non-hydrogen) atoms. The molecular formula is C22H28F4N4O4. The number of aliphatic hydroxyl groups excluding tert-OH is 1. The fourth-order valence-corrected chi connectivity index (χ4v) is 4.49. The van der Waals surface area contributed by atoms with Crippen LogP contribution >= 0.6 is 0 Å². The molecule has 1 aliphatic carbocycles. The Morgan fingerprint density at radius 2 is 1.88 bits per heavy atom. The maximum absolute atomic E-state index is 14.3. The third-order valence-corrected chi connectivity index (χ3v) is 6.43. The highest BCUT2D eigenvalue weighted by molar-refractivity contribution is 5.77. The molecule has 4 amide bonds. The third-order valence-electron chi connectivity index (χ3n) is 6.43. The minimum atomic E-state index is -4.93. The highest BCUT2D eigenvalue weighted by Crippen LogP contribution is 2.33. The standard InChI is InChI=1S/C22H28F4N4O4/c23-19-9-18(34-22(24,25)26)5-2-15(19)10-27-20(32)30(16-3-4-16)17-8-14(13-31)11-29(12-17)21(33)28-6-1-7-28/h2,5,9,14,16-17,31H,1,3-4,6-8,10-13H2,(H,27,32)/t14-,17+/m0/s1. The molecule has 1 aromatic rings. The summed E-state index contributed by atoms with van der Waals surface area (Å²) in [5, 5.41) is 12.4. The Labute approximate surface area is 194 Å². The van der Waals surface area contributed by atoms with Crippen molar-refractivity contribution >= 4 is 12.1 Å². The number of piperidine rings is 1. The summed E-state index contributed by atoms with van der Waals surface area (Å²) in [6.45, 7) is 1.88. The monoisotopic (exact) mass is 488 g/mol. The van der Waals surface area contributed by atoms with Gasteiger partial charge in [0.1, 0.15) is 11.6 Å². The number of aliphatic hydroxyl groups is 1. The van der Waals surface area contributed by atoms with Crippen LogP contribution in [0.25, 0.3) is 0 Å². The van der Waals surface area contributed by atoms with E-state index in [9.17, 15) is 32.3 Å². The van der Waals surface area contributed by atoms with Crippen LogP contribution in [0, 0.1) is 11.7 Å². The van der Waals surface area contributed by atoms with Crippen molar-refractivity contribution in [2.45, 2.75) is 50.7 Å². The highest BCUT2D eigenvalue weighted by Gasteiger charge is 2.42. The minimum Gasteiger partial charge on any atom is -0.406 e. The summed E-state index contributed by atoms with van der Waals surface area (Å²) in [4.78, 5) is 30.9. The molecule has 0 aromatic heterocycles. The molecule has 0 radical (unpaired) electrons. The second-order valence-corrected chi connectivity index (χ2v) is 9.06. The van der Waals surface area contributed by atoms with E-state index in [-0.39, 0.29) is 42.7 Å². The van der Waals surface area contributed by atoms with Gasteiger partial charge >= 0.3 is 18.4 Å². The van der Waals surface area contributed by atoms with Crippen molar-refractivity contribution in [2.75, 3.05) is 32.8 Å². The molecule has 0 bridgehead atoms. The lowest BCUT2D eigenvalue weighted by atomic mass is 9.93. The lowest BCUT2D eigenvalue weighted by Crippen LogP contribution is -2.60. The van der Waals surface area contributed by atoms with Gasteiger partial charge < -0.3 is 29.9 Å². The summed E-state index contributed by atoms with van der Waals surface area (Å²) >= 11 is 0. The molecule has 12 heteroatoms. The molecule has 4 rings (SSSR count). The first-order valence-corrected chi connectivity index (χ1v) is 11.4. The topological polar surface area (TPSA) is 85.4 Å². The SMILES string of the molecule is O=C(N1CCC1)N1C[C@@H](CO)C[C@@H](N(C(=O)NCc2ccc(OC(F)(F)F)cc2F)C2CC2)C1. The first-order valence-electron chi connectivity index (χ1n) is 11.4. The quantitative estimate of drug-likeness (QED) is 0.604. The second kappa shape index (κ2) is 9.85. The first kappa shape index (κ1) is 24.4. The van der Waals surface area contributed by atoms with Crippen LogP contribution in [0.1, 0.15) is 31.2 Å². The largest absolute Gasteiger partial charge is 0.573 e. The number of hydrogen-bond acceptors (Lipinski definition) is 4. The summed E-state index contributed by atoms with van der Waals surface area (Å²) in [7, 11) is 0.